The molecule has 0 aliphatic carbocycles. The second-order valence-electron chi connectivity index (χ2n) is 3.82. The van der Waals surface area contributed by atoms with Gasteiger partial charge in [-0.3, -0.25) is 4.79 Å². The highest BCUT2D eigenvalue weighted by molar-refractivity contribution is 5.95. The molecule has 2 aromatic rings. The maximum Gasteiger partial charge on any atom is 0.250 e. The Bertz CT molecular complexity index is 514. The van der Waals surface area contributed by atoms with Gasteiger partial charge in [0.15, 0.2) is 0 Å². The molecule has 4 heteroatoms. The number of fused-ring (bicyclic) bond motifs is 1. The van der Waals surface area contributed by atoms with Crippen LogP contribution >= 0.6 is 0 Å². The molecule has 0 radical (unpaired) electrons. The van der Waals surface area contributed by atoms with Crippen molar-refractivity contribution in [2.24, 2.45) is 5.73 Å². The first-order valence-corrected chi connectivity index (χ1v) is 4.86. The van der Waals surface area contributed by atoms with Crippen LogP contribution in [-0.4, -0.2) is 15.5 Å². The second-order valence-corrected chi connectivity index (χ2v) is 3.82. The second kappa shape index (κ2) is 3.38. The Hall–Kier alpha value is -1.84. The number of primary amides is 1. The number of carbonyl (C=O) groups excluding carboxylic acids is 1. The number of hydrogen-bond acceptors (Lipinski definition) is 2. The standard InChI is InChI=1S/C11H13N3O/c1-7(2)14-4-3-8-5-9(10(12)15)6-13-11(8)14/h3-7H,1-2H3,(H2,12,15). The van der Waals surface area contributed by atoms with E-state index in [0.29, 0.717) is 11.6 Å². The molecule has 15 heavy (non-hydrogen) atoms. The molecular weight excluding hydrogens is 190 g/mol. The van der Waals surface area contributed by atoms with Gasteiger partial charge in [0, 0.05) is 23.8 Å². The molecule has 2 aromatic heterocycles. The maximum atomic E-state index is 11.0. The lowest BCUT2D eigenvalue weighted by Crippen LogP contribution is -2.11. The average molecular weight is 203 g/mol. The van der Waals surface area contributed by atoms with Crippen LogP contribution in [0.5, 0.6) is 0 Å². The molecule has 0 aliphatic rings. The smallest absolute Gasteiger partial charge is 0.250 e. The molecule has 2 rings (SSSR count). The van der Waals surface area contributed by atoms with Gasteiger partial charge in [-0.25, -0.2) is 4.98 Å². The van der Waals surface area contributed by atoms with Crippen molar-refractivity contribution in [2.45, 2.75) is 19.9 Å². The molecule has 2 heterocycles. The van der Waals surface area contributed by atoms with Crippen molar-refractivity contribution in [1.82, 2.24) is 9.55 Å². The van der Waals surface area contributed by atoms with Crippen LogP contribution in [-0.2, 0) is 0 Å². The lowest BCUT2D eigenvalue weighted by atomic mass is 10.2. The quantitative estimate of drug-likeness (QED) is 0.807. The molecule has 0 bridgehead atoms. The zero-order chi connectivity index (χ0) is 11.0. The summed E-state index contributed by atoms with van der Waals surface area (Å²) in [6, 6.07) is 4.06. The predicted molar refractivity (Wildman–Crippen MR) is 58.6 cm³/mol. The summed E-state index contributed by atoms with van der Waals surface area (Å²) in [5.41, 5.74) is 6.52. The van der Waals surface area contributed by atoms with E-state index in [4.69, 9.17) is 5.73 Å². The fraction of sp³-hybridized carbons (Fsp3) is 0.273. The molecule has 0 aromatic carbocycles. The first-order chi connectivity index (χ1) is 7.09. The lowest BCUT2D eigenvalue weighted by Gasteiger charge is -2.07. The van der Waals surface area contributed by atoms with E-state index in [-0.39, 0.29) is 0 Å². The Labute approximate surface area is 87.7 Å². The highest BCUT2D eigenvalue weighted by atomic mass is 16.1. The fourth-order valence-electron chi connectivity index (χ4n) is 1.60. The van der Waals surface area contributed by atoms with Gasteiger partial charge >= 0.3 is 0 Å². The Kier molecular flexibility index (Phi) is 2.19. The monoisotopic (exact) mass is 203 g/mol. The lowest BCUT2D eigenvalue weighted by molar-refractivity contribution is 0.1000. The minimum absolute atomic E-state index is 0.356. The van der Waals surface area contributed by atoms with Crippen molar-refractivity contribution in [3.63, 3.8) is 0 Å². The van der Waals surface area contributed by atoms with E-state index in [0.717, 1.165) is 11.0 Å². The van der Waals surface area contributed by atoms with Gasteiger partial charge in [-0.1, -0.05) is 0 Å². The molecule has 0 saturated heterocycles. The Morgan fingerprint density at radius 3 is 2.87 bits per heavy atom. The van der Waals surface area contributed by atoms with Gasteiger partial charge in [0.2, 0.25) is 5.91 Å². The van der Waals surface area contributed by atoms with Gasteiger partial charge in [-0.2, -0.15) is 0 Å². The molecule has 2 N–H and O–H groups in total. The van der Waals surface area contributed by atoms with E-state index in [2.05, 4.69) is 23.4 Å². The summed E-state index contributed by atoms with van der Waals surface area (Å²) in [5.74, 6) is -0.443. The van der Waals surface area contributed by atoms with Gasteiger partial charge in [0.05, 0.1) is 5.56 Å². The number of nitrogens with two attached hydrogens (primary N) is 1. The van der Waals surface area contributed by atoms with Crippen LogP contribution in [0.2, 0.25) is 0 Å². The van der Waals surface area contributed by atoms with Crippen molar-refractivity contribution in [2.75, 3.05) is 0 Å². The summed E-state index contributed by atoms with van der Waals surface area (Å²) in [7, 11) is 0. The van der Waals surface area contributed by atoms with Gasteiger partial charge in [-0.05, 0) is 26.0 Å². The first kappa shape index (κ1) is 9.71. The van der Waals surface area contributed by atoms with Crippen molar-refractivity contribution in [3.8, 4) is 0 Å². The molecule has 0 atom stereocenters. The summed E-state index contributed by atoms with van der Waals surface area (Å²) in [5, 5.41) is 0.944. The number of hydrogen-bond donors (Lipinski definition) is 1. The Morgan fingerprint density at radius 1 is 1.53 bits per heavy atom. The van der Waals surface area contributed by atoms with Gasteiger partial charge in [0.25, 0.3) is 0 Å². The summed E-state index contributed by atoms with van der Waals surface area (Å²) in [6.07, 6.45) is 3.48. The van der Waals surface area contributed by atoms with Gasteiger partial charge < -0.3 is 10.3 Å². The largest absolute Gasteiger partial charge is 0.366 e. The van der Waals surface area contributed by atoms with Crippen LogP contribution in [0.3, 0.4) is 0 Å². The zero-order valence-corrected chi connectivity index (χ0v) is 8.77. The van der Waals surface area contributed by atoms with Crippen molar-refractivity contribution < 1.29 is 4.79 Å². The third-order valence-corrected chi connectivity index (χ3v) is 2.40. The molecule has 78 valence electrons. The summed E-state index contributed by atoms with van der Waals surface area (Å²) in [6.45, 7) is 4.17. The molecule has 0 spiro atoms. The van der Waals surface area contributed by atoms with Crippen molar-refractivity contribution in [3.05, 3.63) is 30.1 Å². The highest BCUT2D eigenvalue weighted by Gasteiger charge is 2.07. The van der Waals surface area contributed by atoms with E-state index in [1.807, 2.05) is 12.3 Å². The van der Waals surface area contributed by atoms with Crippen molar-refractivity contribution >= 4 is 16.9 Å². The minimum atomic E-state index is -0.443. The van der Waals surface area contributed by atoms with Gasteiger partial charge in [0.1, 0.15) is 5.65 Å². The number of nitrogens with zero attached hydrogens (tertiary/aromatic N) is 2. The summed E-state index contributed by atoms with van der Waals surface area (Å²) >= 11 is 0. The van der Waals surface area contributed by atoms with E-state index >= 15 is 0 Å². The van der Waals surface area contributed by atoms with Crippen LogP contribution in [0.1, 0.15) is 30.2 Å². The normalized spacial score (nSPS) is 11.1. The molecule has 4 nitrogen and oxygen atoms in total. The van der Waals surface area contributed by atoms with Gasteiger partial charge in [-0.15, -0.1) is 0 Å². The number of carbonyl (C=O) groups is 1. The molecule has 0 fully saturated rings. The van der Waals surface area contributed by atoms with E-state index < -0.39 is 5.91 Å². The zero-order valence-electron chi connectivity index (χ0n) is 8.77. The summed E-state index contributed by atoms with van der Waals surface area (Å²) in [4.78, 5) is 15.2. The third kappa shape index (κ3) is 1.58. The van der Waals surface area contributed by atoms with Crippen LogP contribution in [0.15, 0.2) is 24.5 Å². The maximum absolute atomic E-state index is 11.0. The summed E-state index contributed by atoms with van der Waals surface area (Å²) < 4.78 is 2.06. The minimum Gasteiger partial charge on any atom is -0.366 e. The first-order valence-electron chi connectivity index (χ1n) is 4.86. The molecule has 0 unspecified atom stereocenters. The topological polar surface area (TPSA) is 60.9 Å². The predicted octanol–water partition coefficient (Wildman–Crippen LogP) is 1.72. The van der Waals surface area contributed by atoms with E-state index in [1.54, 1.807) is 6.07 Å². The van der Waals surface area contributed by atoms with E-state index in [9.17, 15) is 4.79 Å². The number of aromatic nitrogens is 2. The molecule has 1 amide bonds. The van der Waals surface area contributed by atoms with Crippen LogP contribution in [0.4, 0.5) is 0 Å². The fourth-order valence-corrected chi connectivity index (χ4v) is 1.60. The SMILES string of the molecule is CC(C)n1ccc2cc(C(N)=O)cnc21. The number of pyridine rings is 1. The molecule has 0 saturated carbocycles. The number of rotatable bonds is 2. The molecular formula is C11H13N3O. The van der Waals surface area contributed by atoms with E-state index in [1.165, 1.54) is 6.20 Å². The average Bonchev–Trinajstić information content (AvgIpc) is 2.59. The third-order valence-electron chi connectivity index (χ3n) is 2.40. The van der Waals surface area contributed by atoms with Crippen LogP contribution in [0.25, 0.3) is 11.0 Å². The Balaban J connectivity index is 2.61. The van der Waals surface area contributed by atoms with Crippen molar-refractivity contribution in [1.29, 1.82) is 0 Å². The van der Waals surface area contributed by atoms with Crippen LogP contribution in [0, 0.1) is 0 Å². The van der Waals surface area contributed by atoms with Crippen LogP contribution < -0.4 is 5.73 Å². The molecule has 0 aliphatic heterocycles. The number of amides is 1. The Morgan fingerprint density at radius 2 is 2.27 bits per heavy atom. The highest BCUT2D eigenvalue weighted by Crippen LogP contribution is 2.18.